The molecule has 1 spiro atoms. The van der Waals surface area contributed by atoms with Gasteiger partial charge in [-0.15, -0.1) is 0 Å². The Bertz CT molecular complexity index is 431. The van der Waals surface area contributed by atoms with Crippen molar-refractivity contribution in [1.82, 2.24) is 0 Å². The maximum absolute atomic E-state index is 12.1. The van der Waals surface area contributed by atoms with Crippen LogP contribution in [0.1, 0.15) is 26.2 Å². The van der Waals surface area contributed by atoms with Crippen molar-refractivity contribution >= 4 is 11.9 Å². The maximum Gasteiger partial charge on any atom is 0.396 e. The predicted molar refractivity (Wildman–Crippen MR) is 65.9 cm³/mol. The van der Waals surface area contributed by atoms with E-state index in [9.17, 15) is 14.7 Å². The molecule has 6 nitrogen and oxygen atoms in total. The van der Waals surface area contributed by atoms with Crippen molar-refractivity contribution in [2.75, 3.05) is 26.8 Å². The van der Waals surface area contributed by atoms with Crippen LogP contribution < -0.4 is 0 Å². The molecular formula is C13H20NO5+. The van der Waals surface area contributed by atoms with Gasteiger partial charge in [-0.25, -0.2) is 9.59 Å². The van der Waals surface area contributed by atoms with Gasteiger partial charge >= 0.3 is 11.9 Å². The number of hydrogen-bond donors (Lipinski definition) is 1. The first-order valence-corrected chi connectivity index (χ1v) is 6.61. The third kappa shape index (κ3) is 2.10. The highest BCUT2D eigenvalue weighted by Gasteiger charge is 2.56. The molecule has 0 unspecified atom stereocenters. The van der Waals surface area contributed by atoms with Crippen molar-refractivity contribution in [2.45, 2.75) is 32.2 Å². The van der Waals surface area contributed by atoms with Gasteiger partial charge in [-0.3, -0.25) is 4.48 Å². The highest BCUT2D eigenvalue weighted by atomic mass is 16.5. The van der Waals surface area contributed by atoms with Crippen LogP contribution in [0.5, 0.6) is 0 Å². The fraction of sp³-hybridized carbons (Fsp3) is 0.692. The van der Waals surface area contributed by atoms with Gasteiger partial charge in [-0.2, -0.15) is 0 Å². The van der Waals surface area contributed by atoms with Gasteiger partial charge < -0.3 is 14.6 Å². The molecule has 1 fully saturated rings. The first-order chi connectivity index (χ1) is 9.06. The average Bonchev–Trinajstić information content (AvgIpc) is 2.94. The van der Waals surface area contributed by atoms with Gasteiger partial charge in [0.15, 0.2) is 11.8 Å². The molecule has 0 aliphatic carbocycles. The minimum Gasteiger partial charge on any atom is -0.506 e. The highest BCUT2D eigenvalue weighted by Crippen LogP contribution is 2.40. The number of esters is 2. The first-order valence-electron chi connectivity index (χ1n) is 6.61. The molecule has 1 N–H and O–H groups in total. The molecule has 19 heavy (non-hydrogen) atoms. The highest BCUT2D eigenvalue weighted by molar-refractivity contribution is 5.88. The fourth-order valence-corrected chi connectivity index (χ4v) is 3.25. The molecule has 2 heterocycles. The molecule has 1 saturated heterocycles. The summed E-state index contributed by atoms with van der Waals surface area (Å²) in [6, 6.07) is -0.408. The summed E-state index contributed by atoms with van der Waals surface area (Å²) in [7, 11) is 1.35. The van der Waals surface area contributed by atoms with Crippen molar-refractivity contribution in [2.24, 2.45) is 0 Å². The van der Waals surface area contributed by atoms with E-state index in [2.05, 4.69) is 0 Å². The zero-order valence-corrected chi connectivity index (χ0v) is 11.3. The molecule has 6 heteroatoms. The van der Waals surface area contributed by atoms with E-state index in [1.54, 1.807) is 6.92 Å². The second-order valence-electron chi connectivity index (χ2n) is 4.93. The Hall–Kier alpha value is -1.56. The molecular weight excluding hydrogens is 250 g/mol. The van der Waals surface area contributed by atoms with Crippen LogP contribution in [-0.4, -0.2) is 54.4 Å². The lowest BCUT2D eigenvalue weighted by Gasteiger charge is -2.34. The van der Waals surface area contributed by atoms with Crippen LogP contribution in [0.15, 0.2) is 11.5 Å². The summed E-state index contributed by atoms with van der Waals surface area (Å²) in [5, 5.41) is 9.99. The summed E-state index contributed by atoms with van der Waals surface area (Å²) >= 11 is 0. The van der Waals surface area contributed by atoms with E-state index in [0.717, 1.165) is 6.42 Å². The Morgan fingerprint density at radius 1 is 1.42 bits per heavy atom. The van der Waals surface area contributed by atoms with E-state index in [4.69, 9.17) is 9.47 Å². The number of quaternary nitrogens is 1. The summed E-state index contributed by atoms with van der Waals surface area (Å²) in [4.78, 5) is 24.0. The van der Waals surface area contributed by atoms with Crippen LogP contribution in [0.2, 0.25) is 0 Å². The van der Waals surface area contributed by atoms with Crippen molar-refractivity contribution in [3.05, 3.63) is 11.5 Å². The Balaban J connectivity index is 2.36. The number of carbonyl (C=O) groups excluding carboxylic acids is 2. The SMILES string of the molecule is CCOC(=O)C1=C(O)CC[N@@+]12CCC[C@H]2C(=O)OC. The smallest absolute Gasteiger partial charge is 0.396 e. The number of aliphatic hydroxyl groups excluding tert-OH is 1. The van der Waals surface area contributed by atoms with E-state index in [-0.39, 0.29) is 28.5 Å². The molecule has 0 aromatic rings. The van der Waals surface area contributed by atoms with E-state index in [0.29, 0.717) is 25.9 Å². The lowest BCUT2D eigenvalue weighted by atomic mass is 10.2. The second-order valence-corrected chi connectivity index (χ2v) is 4.93. The number of ether oxygens (including phenoxy) is 2. The molecule has 0 radical (unpaired) electrons. The molecule has 0 aromatic carbocycles. The van der Waals surface area contributed by atoms with Gasteiger partial charge in [0.05, 0.1) is 33.2 Å². The second kappa shape index (κ2) is 5.21. The van der Waals surface area contributed by atoms with Crippen LogP contribution in [0.4, 0.5) is 0 Å². The molecule has 0 bridgehead atoms. The number of hydrogen-bond acceptors (Lipinski definition) is 5. The number of nitrogens with zero attached hydrogens (tertiary/aromatic N) is 1. The summed E-state index contributed by atoms with van der Waals surface area (Å²) in [5.41, 5.74) is 0.245. The van der Waals surface area contributed by atoms with Gasteiger partial charge in [0.1, 0.15) is 0 Å². The zero-order chi connectivity index (χ0) is 14.0. The molecule has 0 saturated carbocycles. The monoisotopic (exact) mass is 270 g/mol. The molecule has 2 aliphatic rings. The zero-order valence-electron chi connectivity index (χ0n) is 11.3. The Labute approximate surface area is 112 Å². The van der Waals surface area contributed by atoms with Crippen molar-refractivity contribution in [3.63, 3.8) is 0 Å². The molecule has 2 rings (SSSR count). The van der Waals surface area contributed by atoms with Crippen LogP contribution >= 0.6 is 0 Å². The topological polar surface area (TPSA) is 72.8 Å². The van der Waals surface area contributed by atoms with Crippen LogP contribution in [-0.2, 0) is 19.1 Å². The van der Waals surface area contributed by atoms with Crippen molar-refractivity contribution < 1.29 is 28.7 Å². The number of methoxy groups -OCH3 is 1. The maximum atomic E-state index is 12.1. The predicted octanol–water partition coefficient (Wildman–Crippen LogP) is 0.875. The van der Waals surface area contributed by atoms with E-state index in [1.165, 1.54) is 7.11 Å². The van der Waals surface area contributed by atoms with Gasteiger partial charge in [-0.1, -0.05) is 0 Å². The third-order valence-electron chi connectivity index (χ3n) is 4.04. The van der Waals surface area contributed by atoms with Gasteiger partial charge in [-0.05, 0) is 6.92 Å². The summed E-state index contributed by atoms with van der Waals surface area (Å²) in [6.07, 6.45) is 1.90. The Kier molecular flexibility index (Phi) is 3.80. The molecule has 106 valence electrons. The van der Waals surface area contributed by atoms with E-state index < -0.39 is 12.0 Å². The summed E-state index contributed by atoms with van der Waals surface area (Å²) in [5.74, 6) is -0.795. The minimum absolute atomic E-state index is 0.0502. The van der Waals surface area contributed by atoms with Crippen molar-refractivity contribution in [3.8, 4) is 0 Å². The van der Waals surface area contributed by atoms with E-state index in [1.807, 2.05) is 0 Å². The molecule has 0 amide bonds. The van der Waals surface area contributed by atoms with Gasteiger partial charge in [0, 0.05) is 12.8 Å². The van der Waals surface area contributed by atoms with E-state index >= 15 is 0 Å². The van der Waals surface area contributed by atoms with Gasteiger partial charge in [0.25, 0.3) is 5.70 Å². The standard InChI is InChI=1S/C13H19NO5/c1-3-19-13(17)11-10(15)6-8-14(11)7-4-5-9(14)12(16)18-2/h9H,3-8H2,1-2H3/p+1/t9-,14+/m0/s1. The first kappa shape index (κ1) is 13.9. The Morgan fingerprint density at radius 2 is 2.16 bits per heavy atom. The molecule has 2 aliphatic heterocycles. The number of aliphatic hydroxyl groups is 1. The third-order valence-corrected chi connectivity index (χ3v) is 4.04. The minimum atomic E-state index is -0.520. The summed E-state index contributed by atoms with van der Waals surface area (Å²) in [6.45, 7) is 3.19. The van der Waals surface area contributed by atoms with Crippen LogP contribution in [0.3, 0.4) is 0 Å². The van der Waals surface area contributed by atoms with Crippen LogP contribution in [0.25, 0.3) is 0 Å². The summed E-state index contributed by atoms with van der Waals surface area (Å²) < 4.78 is 10.0. The molecule has 2 atom stereocenters. The number of carbonyl (C=O) groups is 2. The van der Waals surface area contributed by atoms with Crippen molar-refractivity contribution in [1.29, 1.82) is 0 Å². The van der Waals surface area contributed by atoms with Gasteiger partial charge in [0.2, 0.25) is 0 Å². The lowest BCUT2D eigenvalue weighted by molar-refractivity contribution is -0.886. The Morgan fingerprint density at radius 3 is 2.79 bits per heavy atom. The molecule has 0 aromatic heterocycles. The average molecular weight is 270 g/mol. The normalized spacial score (nSPS) is 29.9. The number of rotatable bonds is 3. The van der Waals surface area contributed by atoms with Crippen LogP contribution in [0, 0.1) is 0 Å². The lowest BCUT2D eigenvalue weighted by Crippen LogP contribution is -2.54. The fourth-order valence-electron chi connectivity index (χ4n) is 3.25. The largest absolute Gasteiger partial charge is 0.506 e. The quantitative estimate of drug-likeness (QED) is 0.608.